The molecule has 172 valence electrons. The van der Waals surface area contributed by atoms with Gasteiger partial charge in [0.1, 0.15) is 5.82 Å². The van der Waals surface area contributed by atoms with E-state index in [0.717, 1.165) is 75.1 Å². The lowest BCUT2D eigenvalue weighted by molar-refractivity contribution is 0.179. The van der Waals surface area contributed by atoms with E-state index in [4.69, 9.17) is 0 Å². The van der Waals surface area contributed by atoms with Gasteiger partial charge in [-0.3, -0.25) is 4.98 Å². The summed E-state index contributed by atoms with van der Waals surface area (Å²) in [5, 5.41) is 12.8. The molecule has 6 heteroatoms. The largest absolute Gasteiger partial charge is 0.358 e. The molecule has 1 atom stereocenters. The molecule has 0 amide bonds. The van der Waals surface area contributed by atoms with E-state index in [1.807, 2.05) is 24.4 Å². The van der Waals surface area contributed by atoms with Gasteiger partial charge in [0.25, 0.3) is 0 Å². The minimum absolute atomic E-state index is 0.0771. The second-order valence-corrected chi connectivity index (χ2v) is 11.9. The van der Waals surface area contributed by atoms with Crippen molar-refractivity contribution in [3.8, 4) is 6.07 Å². The zero-order chi connectivity index (χ0) is 23.2. The van der Waals surface area contributed by atoms with Crippen LogP contribution in [0.25, 0.3) is 0 Å². The van der Waals surface area contributed by atoms with Crippen LogP contribution in [0, 0.1) is 17.1 Å². The molecule has 33 heavy (non-hydrogen) atoms. The van der Waals surface area contributed by atoms with Gasteiger partial charge in [-0.15, -0.1) is 0 Å². The van der Waals surface area contributed by atoms with Gasteiger partial charge in [0.05, 0.1) is 22.1 Å². The van der Waals surface area contributed by atoms with Gasteiger partial charge >= 0.3 is 0 Å². The molecule has 0 radical (unpaired) electrons. The molecule has 3 heterocycles. The smallest absolute Gasteiger partial charge is 0.146 e. The highest BCUT2D eigenvalue weighted by molar-refractivity contribution is 8.14. The standard InChI is InChI=1S/C27H31FN4S/c1-19-26(22-15-20(17-29)6-7-24(22)31-19)10-13-32(14-11-26)12-4-5-21-16-23(28)25(30-18-21)27(8-9-27)33(2)3/h6-7,15-16,18,31H,1-2,4-5,8-14H2,3H3. The highest BCUT2D eigenvalue weighted by Crippen LogP contribution is 2.58. The molecule has 5 rings (SSSR count). The Morgan fingerprint density at radius 1 is 1.24 bits per heavy atom. The van der Waals surface area contributed by atoms with E-state index in [9.17, 15) is 9.65 Å². The molecular weight excluding hydrogens is 431 g/mol. The lowest BCUT2D eigenvalue weighted by Gasteiger charge is -2.40. The fourth-order valence-electron chi connectivity index (χ4n) is 5.61. The second kappa shape index (κ2) is 8.38. The van der Waals surface area contributed by atoms with Gasteiger partial charge < -0.3 is 10.2 Å². The van der Waals surface area contributed by atoms with E-state index in [2.05, 4.69) is 40.0 Å². The number of likely N-dealkylation sites (tertiary alicyclic amines) is 1. The zero-order valence-corrected chi connectivity index (χ0v) is 20.1. The van der Waals surface area contributed by atoms with Crippen molar-refractivity contribution in [1.29, 1.82) is 5.26 Å². The van der Waals surface area contributed by atoms with Crippen LogP contribution in [0.5, 0.6) is 0 Å². The summed E-state index contributed by atoms with van der Waals surface area (Å²) in [6.45, 7) is 7.30. The molecule has 1 saturated carbocycles. The Morgan fingerprint density at radius 2 is 2.00 bits per heavy atom. The number of hydrogen-bond acceptors (Lipinski definition) is 4. The lowest BCUT2D eigenvalue weighted by atomic mass is 9.72. The molecule has 1 aliphatic carbocycles. The highest BCUT2D eigenvalue weighted by atomic mass is 32.2. The second-order valence-electron chi connectivity index (χ2n) is 9.81. The SMILES string of the molecule is C=C1Nc2ccc(C#N)cc2C12CCN(CCCc1cnc(C3(S(=C)C)CC3)c(F)c1)CC2. The van der Waals surface area contributed by atoms with Gasteiger partial charge in [0.15, 0.2) is 0 Å². The van der Waals surface area contributed by atoms with Crippen molar-refractivity contribution in [2.75, 3.05) is 31.2 Å². The fourth-order valence-corrected chi connectivity index (χ4v) is 6.89. The summed E-state index contributed by atoms with van der Waals surface area (Å²) in [6.07, 6.45) is 9.77. The highest BCUT2D eigenvalue weighted by Gasteiger charge is 2.48. The number of piperidine rings is 1. The Labute approximate surface area is 198 Å². The van der Waals surface area contributed by atoms with E-state index in [1.165, 1.54) is 5.56 Å². The maximum Gasteiger partial charge on any atom is 0.146 e. The summed E-state index contributed by atoms with van der Waals surface area (Å²) in [7, 11) is -0.0993. The number of rotatable bonds is 6. The minimum Gasteiger partial charge on any atom is -0.358 e. The van der Waals surface area contributed by atoms with Gasteiger partial charge in [0, 0.05) is 23.0 Å². The molecule has 2 aliphatic heterocycles. The van der Waals surface area contributed by atoms with Gasteiger partial charge in [-0.25, -0.2) is 4.39 Å². The molecule has 2 aromatic rings. The molecular formula is C27H31FN4S. The first-order chi connectivity index (χ1) is 15.9. The van der Waals surface area contributed by atoms with Crippen LogP contribution in [0.15, 0.2) is 42.7 Å². The van der Waals surface area contributed by atoms with Crippen LogP contribution < -0.4 is 5.32 Å². The molecule has 1 saturated heterocycles. The molecule has 4 nitrogen and oxygen atoms in total. The van der Waals surface area contributed by atoms with Crippen molar-refractivity contribution in [3.63, 3.8) is 0 Å². The molecule has 0 bridgehead atoms. The third-order valence-corrected chi connectivity index (χ3v) is 9.81. The number of nitrogens with one attached hydrogen (secondary N) is 1. The van der Waals surface area contributed by atoms with Crippen molar-refractivity contribution in [3.05, 3.63) is 70.9 Å². The number of pyridine rings is 1. The van der Waals surface area contributed by atoms with Gasteiger partial charge in [-0.2, -0.15) is 15.7 Å². The lowest BCUT2D eigenvalue weighted by Crippen LogP contribution is -2.43. The van der Waals surface area contributed by atoms with E-state index in [-0.39, 0.29) is 26.5 Å². The molecule has 2 fully saturated rings. The van der Waals surface area contributed by atoms with Crippen LogP contribution in [0.2, 0.25) is 0 Å². The molecule has 1 spiro atoms. The first kappa shape index (κ1) is 22.3. The zero-order valence-electron chi connectivity index (χ0n) is 19.3. The molecule has 3 aliphatic rings. The maximum absolute atomic E-state index is 14.8. The third kappa shape index (κ3) is 3.82. The number of aryl methyl sites for hydroxylation is 1. The summed E-state index contributed by atoms with van der Waals surface area (Å²) in [5.74, 6) is 4.00. The minimum atomic E-state index is -0.157. The Bertz CT molecular complexity index is 1170. The fraction of sp³-hybridized carbons (Fsp3) is 0.444. The normalized spacial score (nSPS) is 21.3. The first-order valence-corrected chi connectivity index (χ1v) is 13.5. The third-order valence-electron chi connectivity index (χ3n) is 7.88. The summed E-state index contributed by atoms with van der Waals surface area (Å²) < 4.78 is 14.7. The Hall–Kier alpha value is -2.49. The van der Waals surface area contributed by atoms with E-state index >= 15 is 0 Å². The average Bonchev–Trinajstić information content (AvgIpc) is 3.57. The summed E-state index contributed by atoms with van der Waals surface area (Å²) in [4.78, 5) is 7.02. The monoisotopic (exact) mass is 462 g/mol. The van der Waals surface area contributed by atoms with Crippen LogP contribution in [-0.4, -0.2) is 41.6 Å². The van der Waals surface area contributed by atoms with Crippen molar-refractivity contribution in [1.82, 2.24) is 9.88 Å². The predicted octanol–water partition coefficient (Wildman–Crippen LogP) is 5.32. The van der Waals surface area contributed by atoms with Gasteiger partial charge in [0.2, 0.25) is 0 Å². The number of nitrogens with zero attached hydrogens (tertiary/aromatic N) is 3. The van der Waals surface area contributed by atoms with Gasteiger partial charge in [-0.05, 0) is 99.8 Å². The summed E-state index contributed by atoms with van der Waals surface area (Å²) in [6, 6.07) is 9.86. The summed E-state index contributed by atoms with van der Waals surface area (Å²) in [5.41, 5.74) is 5.60. The van der Waals surface area contributed by atoms with Crippen LogP contribution in [0.3, 0.4) is 0 Å². The number of benzene rings is 1. The average molecular weight is 463 g/mol. The first-order valence-electron chi connectivity index (χ1n) is 11.7. The van der Waals surface area contributed by atoms with Crippen LogP contribution >= 0.6 is 10.5 Å². The summed E-state index contributed by atoms with van der Waals surface area (Å²) >= 11 is 0. The topological polar surface area (TPSA) is 52.0 Å². The van der Waals surface area contributed by atoms with Gasteiger partial charge in [-0.1, -0.05) is 12.4 Å². The molecule has 1 unspecified atom stereocenters. The van der Waals surface area contributed by atoms with E-state index in [0.29, 0.717) is 11.3 Å². The van der Waals surface area contributed by atoms with Crippen LogP contribution in [0.4, 0.5) is 10.1 Å². The number of allylic oxidation sites excluding steroid dienone is 1. The number of aromatic nitrogens is 1. The quantitative estimate of drug-likeness (QED) is 0.591. The Balaban J connectivity index is 1.17. The number of hydrogen-bond donors (Lipinski definition) is 1. The van der Waals surface area contributed by atoms with Crippen LogP contribution in [-0.2, 0) is 16.6 Å². The van der Waals surface area contributed by atoms with Crippen molar-refractivity contribution in [2.24, 2.45) is 0 Å². The number of nitriles is 1. The number of halogens is 1. The van der Waals surface area contributed by atoms with Crippen molar-refractivity contribution < 1.29 is 4.39 Å². The molecule has 1 N–H and O–H groups in total. The van der Waals surface area contributed by atoms with Crippen molar-refractivity contribution in [2.45, 2.75) is 48.7 Å². The van der Waals surface area contributed by atoms with Crippen LogP contribution in [0.1, 0.15) is 54.5 Å². The van der Waals surface area contributed by atoms with E-state index in [1.54, 1.807) is 6.07 Å². The van der Waals surface area contributed by atoms with E-state index < -0.39 is 0 Å². The number of anilines is 1. The Morgan fingerprint density at radius 3 is 2.64 bits per heavy atom. The number of fused-ring (bicyclic) bond motifs is 2. The Kier molecular flexibility index (Phi) is 5.66. The molecule has 1 aromatic heterocycles. The maximum atomic E-state index is 14.8. The molecule has 1 aromatic carbocycles. The predicted molar refractivity (Wildman–Crippen MR) is 135 cm³/mol. The van der Waals surface area contributed by atoms with Crippen molar-refractivity contribution >= 4 is 22.0 Å².